The van der Waals surface area contributed by atoms with Gasteiger partial charge in [0.15, 0.2) is 0 Å². The minimum Gasteiger partial charge on any atom is -0.396 e. The lowest BCUT2D eigenvalue weighted by Crippen LogP contribution is -2.27. The van der Waals surface area contributed by atoms with Gasteiger partial charge in [-0.05, 0) is 49.5 Å². The van der Waals surface area contributed by atoms with Gasteiger partial charge in [-0.1, -0.05) is 0 Å². The van der Waals surface area contributed by atoms with E-state index >= 15 is 0 Å². The highest BCUT2D eigenvalue weighted by atomic mass is 32.2. The summed E-state index contributed by atoms with van der Waals surface area (Å²) in [5.41, 5.74) is 0. The number of nitrogens with one attached hydrogen (secondary N) is 1. The van der Waals surface area contributed by atoms with Crippen molar-refractivity contribution in [3.8, 4) is 0 Å². The molecule has 0 atom stereocenters. The quantitative estimate of drug-likeness (QED) is 0.672. The van der Waals surface area contributed by atoms with Crippen molar-refractivity contribution in [1.82, 2.24) is 5.32 Å². The molecule has 16 heavy (non-hydrogen) atoms. The van der Waals surface area contributed by atoms with Crippen molar-refractivity contribution in [2.75, 3.05) is 24.7 Å². The van der Waals surface area contributed by atoms with E-state index in [1.54, 1.807) is 0 Å². The Morgan fingerprint density at radius 1 is 1.25 bits per heavy atom. The minimum absolute atomic E-state index is 0.209. The van der Waals surface area contributed by atoms with Crippen LogP contribution in [-0.4, -0.2) is 35.7 Å². The molecule has 0 radical (unpaired) electrons. The predicted octanol–water partition coefficient (Wildman–Crippen LogP) is 1.80. The van der Waals surface area contributed by atoms with Gasteiger partial charge in [-0.15, -0.1) is 0 Å². The van der Waals surface area contributed by atoms with Crippen LogP contribution in [0.25, 0.3) is 0 Å². The lowest BCUT2D eigenvalue weighted by Gasteiger charge is -2.20. The molecule has 3 nitrogen and oxygen atoms in total. The second-order valence-corrected chi connectivity index (χ2v) is 5.62. The molecule has 1 rings (SSSR count). The molecule has 0 saturated carbocycles. The van der Waals surface area contributed by atoms with Crippen LogP contribution >= 0.6 is 11.8 Å². The number of thioether (sulfide) groups is 1. The Labute approximate surface area is 102 Å². The van der Waals surface area contributed by atoms with Crippen LogP contribution in [0.2, 0.25) is 0 Å². The van der Waals surface area contributed by atoms with Gasteiger partial charge in [-0.2, -0.15) is 11.8 Å². The highest BCUT2D eigenvalue weighted by Gasteiger charge is 2.16. The van der Waals surface area contributed by atoms with Crippen molar-refractivity contribution < 1.29 is 9.90 Å². The Morgan fingerprint density at radius 2 is 2.00 bits per heavy atom. The van der Waals surface area contributed by atoms with Crippen molar-refractivity contribution in [1.29, 1.82) is 0 Å². The smallest absolute Gasteiger partial charge is 0.220 e. The summed E-state index contributed by atoms with van der Waals surface area (Å²) in [5, 5.41) is 11.6. The second-order valence-electron chi connectivity index (χ2n) is 4.39. The Morgan fingerprint density at radius 3 is 2.69 bits per heavy atom. The van der Waals surface area contributed by atoms with Crippen LogP contribution in [0, 0.1) is 5.92 Å². The zero-order valence-corrected chi connectivity index (χ0v) is 10.7. The van der Waals surface area contributed by atoms with Crippen molar-refractivity contribution in [2.24, 2.45) is 5.92 Å². The number of carbonyl (C=O) groups is 1. The first-order chi connectivity index (χ1) is 7.83. The van der Waals surface area contributed by atoms with Gasteiger partial charge in [-0.25, -0.2) is 0 Å². The van der Waals surface area contributed by atoms with Crippen molar-refractivity contribution in [2.45, 2.75) is 38.5 Å². The lowest BCUT2D eigenvalue weighted by atomic mass is 9.98. The molecule has 1 aliphatic rings. The maximum absolute atomic E-state index is 11.6. The average molecular weight is 245 g/mol. The van der Waals surface area contributed by atoms with Gasteiger partial charge in [0.2, 0.25) is 5.91 Å². The molecule has 0 spiro atoms. The number of amides is 1. The summed E-state index contributed by atoms with van der Waals surface area (Å²) in [4.78, 5) is 11.6. The van der Waals surface area contributed by atoms with E-state index in [2.05, 4.69) is 5.32 Å². The molecule has 1 fully saturated rings. The summed E-state index contributed by atoms with van der Waals surface area (Å²) < 4.78 is 0. The zero-order chi connectivity index (χ0) is 11.6. The maximum Gasteiger partial charge on any atom is 0.220 e. The standard InChI is InChI=1S/C12H23NO2S/c14-7-3-1-2-6-13-12(15)10-11-4-8-16-9-5-11/h11,14H,1-10H2,(H,13,15). The first-order valence-corrected chi connectivity index (χ1v) is 7.43. The fourth-order valence-corrected chi connectivity index (χ4v) is 3.13. The number of aliphatic hydroxyl groups excluding tert-OH is 1. The third kappa shape index (κ3) is 6.38. The van der Waals surface area contributed by atoms with E-state index in [0.29, 0.717) is 12.3 Å². The van der Waals surface area contributed by atoms with Crippen LogP contribution in [0.4, 0.5) is 0 Å². The molecule has 0 aromatic rings. The molecule has 0 aromatic carbocycles. The first kappa shape index (κ1) is 13.8. The van der Waals surface area contributed by atoms with E-state index in [0.717, 1.165) is 25.8 Å². The molecule has 1 saturated heterocycles. The average Bonchev–Trinajstić information content (AvgIpc) is 2.30. The molecular formula is C12H23NO2S. The highest BCUT2D eigenvalue weighted by Crippen LogP contribution is 2.24. The topological polar surface area (TPSA) is 49.3 Å². The van der Waals surface area contributed by atoms with Gasteiger partial charge in [-0.3, -0.25) is 4.79 Å². The van der Waals surface area contributed by atoms with Crippen LogP contribution in [0.5, 0.6) is 0 Å². The zero-order valence-electron chi connectivity index (χ0n) is 9.91. The molecule has 0 bridgehead atoms. The van der Waals surface area contributed by atoms with E-state index in [4.69, 9.17) is 5.11 Å². The molecule has 94 valence electrons. The van der Waals surface area contributed by atoms with Gasteiger partial charge >= 0.3 is 0 Å². The predicted molar refractivity (Wildman–Crippen MR) is 68.6 cm³/mol. The Kier molecular flexibility index (Phi) is 7.68. The Bertz CT molecular complexity index is 193. The van der Waals surface area contributed by atoms with Crippen molar-refractivity contribution >= 4 is 17.7 Å². The molecule has 4 heteroatoms. The second kappa shape index (κ2) is 8.88. The number of aliphatic hydroxyl groups is 1. The number of carbonyl (C=O) groups excluding carboxylic acids is 1. The Hall–Kier alpha value is -0.220. The number of rotatable bonds is 7. The summed E-state index contributed by atoms with van der Waals surface area (Å²) in [6, 6.07) is 0. The molecule has 1 heterocycles. The molecule has 1 amide bonds. The van der Waals surface area contributed by atoms with Gasteiger partial charge in [0.1, 0.15) is 0 Å². The summed E-state index contributed by atoms with van der Waals surface area (Å²) in [7, 11) is 0. The van der Waals surface area contributed by atoms with E-state index in [1.807, 2.05) is 11.8 Å². The largest absolute Gasteiger partial charge is 0.396 e. The Balaban J connectivity index is 1.97. The van der Waals surface area contributed by atoms with E-state index < -0.39 is 0 Å². The molecule has 0 unspecified atom stereocenters. The third-order valence-corrected chi connectivity index (χ3v) is 4.02. The van der Waals surface area contributed by atoms with E-state index in [-0.39, 0.29) is 12.5 Å². The maximum atomic E-state index is 11.6. The first-order valence-electron chi connectivity index (χ1n) is 6.28. The van der Waals surface area contributed by atoms with E-state index in [1.165, 1.54) is 24.3 Å². The van der Waals surface area contributed by atoms with Gasteiger partial charge < -0.3 is 10.4 Å². The van der Waals surface area contributed by atoms with Gasteiger partial charge in [0.05, 0.1) is 0 Å². The van der Waals surface area contributed by atoms with Gasteiger partial charge in [0, 0.05) is 19.6 Å². The number of unbranched alkanes of at least 4 members (excludes halogenated alkanes) is 2. The molecule has 1 aliphatic heterocycles. The molecular weight excluding hydrogens is 222 g/mol. The lowest BCUT2D eigenvalue weighted by molar-refractivity contribution is -0.122. The van der Waals surface area contributed by atoms with Crippen LogP contribution < -0.4 is 5.32 Å². The number of hydrogen-bond donors (Lipinski definition) is 2. The molecule has 0 aliphatic carbocycles. The fourth-order valence-electron chi connectivity index (χ4n) is 1.93. The minimum atomic E-state index is 0.209. The van der Waals surface area contributed by atoms with Crippen LogP contribution in [0.15, 0.2) is 0 Å². The summed E-state index contributed by atoms with van der Waals surface area (Å²) in [6.07, 6.45) is 5.92. The SMILES string of the molecule is O=C(CC1CCSCC1)NCCCCCO. The van der Waals surface area contributed by atoms with Gasteiger partial charge in [0.25, 0.3) is 0 Å². The third-order valence-electron chi connectivity index (χ3n) is 2.97. The van der Waals surface area contributed by atoms with Crippen LogP contribution in [-0.2, 0) is 4.79 Å². The summed E-state index contributed by atoms with van der Waals surface area (Å²) in [6.45, 7) is 1.02. The highest BCUT2D eigenvalue weighted by molar-refractivity contribution is 7.99. The summed E-state index contributed by atoms with van der Waals surface area (Å²) >= 11 is 2.00. The van der Waals surface area contributed by atoms with Crippen molar-refractivity contribution in [3.05, 3.63) is 0 Å². The van der Waals surface area contributed by atoms with E-state index in [9.17, 15) is 4.79 Å². The molecule has 0 aromatic heterocycles. The molecule has 2 N–H and O–H groups in total. The van der Waals surface area contributed by atoms with Crippen LogP contribution in [0.1, 0.15) is 38.5 Å². The monoisotopic (exact) mass is 245 g/mol. The summed E-state index contributed by atoms with van der Waals surface area (Å²) in [5.74, 6) is 3.25. The van der Waals surface area contributed by atoms with Crippen molar-refractivity contribution in [3.63, 3.8) is 0 Å². The fraction of sp³-hybridized carbons (Fsp3) is 0.917. The normalized spacial score (nSPS) is 17.3. The van der Waals surface area contributed by atoms with Crippen LogP contribution in [0.3, 0.4) is 0 Å². The number of hydrogen-bond acceptors (Lipinski definition) is 3.